The Morgan fingerprint density at radius 2 is 1.96 bits per heavy atom. The minimum Gasteiger partial charge on any atom is -1.00 e. The number of anilines is 1. The van der Waals surface area contributed by atoms with Gasteiger partial charge in [-0.1, -0.05) is 0 Å². The molecular formula is C17H19ClN6O. The fraction of sp³-hybridized carbons (Fsp3) is 0.176. The number of benzene rings is 1. The molecule has 2 heterocycles. The second-order valence-corrected chi connectivity index (χ2v) is 5.35. The summed E-state index contributed by atoms with van der Waals surface area (Å²) in [6, 6.07) is 11.3. The average molecular weight is 359 g/mol. The van der Waals surface area contributed by atoms with Crippen molar-refractivity contribution in [1.82, 2.24) is 9.78 Å². The maximum atomic E-state index is 6.12. The number of ether oxygens (including phenoxy) is 1. The Bertz CT molecular complexity index is 860. The molecule has 8 heteroatoms. The molecule has 0 radical (unpaired) electrons. The van der Waals surface area contributed by atoms with Crippen LogP contribution in [0.2, 0.25) is 0 Å². The Morgan fingerprint density at radius 1 is 1.20 bits per heavy atom. The van der Waals surface area contributed by atoms with E-state index in [1.54, 1.807) is 18.0 Å². The van der Waals surface area contributed by atoms with Crippen molar-refractivity contribution in [3.63, 3.8) is 0 Å². The first-order chi connectivity index (χ1) is 11.7. The molecule has 7 nitrogen and oxygen atoms in total. The third-order valence-corrected chi connectivity index (χ3v) is 3.54. The van der Waals surface area contributed by atoms with Gasteiger partial charge in [0.2, 0.25) is 0 Å². The molecule has 0 unspecified atom stereocenters. The lowest BCUT2D eigenvalue weighted by Crippen LogP contribution is -3.00. The van der Waals surface area contributed by atoms with Crippen molar-refractivity contribution in [3.05, 3.63) is 60.6 Å². The Hall–Kier alpha value is -2.93. The van der Waals surface area contributed by atoms with E-state index in [0.29, 0.717) is 18.1 Å². The summed E-state index contributed by atoms with van der Waals surface area (Å²) in [4.78, 5) is 0. The van der Waals surface area contributed by atoms with Crippen molar-refractivity contribution in [2.24, 2.45) is 17.3 Å². The van der Waals surface area contributed by atoms with E-state index in [1.165, 1.54) is 0 Å². The van der Waals surface area contributed by atoms with Crippen LogP contribution in [0.25, 0.3) is 0 Å². The summed E-state index contributed by atoms with van der Waals surface area (Å²) in [7, 11) is 3.60. The minimum atomic E-state index is 0. The first kappa shape index (κ1) is 18.4. The largest absolute Gasteiger partial charge is 1.00 e. The second kappa shape index (κ2) is 8.25. The molecule has 0 spiro atoms. The van der Waals surface area contributed by atoms with Gasteiger partial charge in [0.1, 0.15) is 24.3 Å². The van der Waals surface area contributed by atoms with Crippen LogP contribution in [0.15, 0.2) is 65.2 Å². The maximum Gasteiger partial charge on any atom is 0.173 e. The van der Waals surface area contributed by atoms with Gasteiger partial charge in [-0.05, 0) is 30.3 Å². The maximum absolute atomic E-state index is 6.12. The first-order valence-electron chi connectivity index (χ1n) is 7.47. The molecule has 0 fully saturated rings. The minimum absolute atomic E-state index is 0. The summed E-state index contributed by atoms with van der Waals surface area (Å²) in [6.07, 6.45) is 5.62. The highest BCUT2D eigenvalue weighted by Gasteiger charge is 2.09. The molecule has 0 saturated heterocycles. The predicted octanol–water partition coefficient (Wildman–Crippen LogP) is -0.234. The fourth-order valence-corrected chi connectivity index (χ4v) is 2.26. The van der Waals surface area contributed by atoms with Gasteiger partial charge in [0.25, 0.3) is 0 Å². The van der Waals surface area contributed by atoms with Crippen LogP contribution in [-0.4, -0.2) is 16.9 Å². The Balaban J connectivity index is 0.00000225. The number of rotatable bonds is 5. The third-order valence-electron chi connectivity index (χ3n) is 3.54. The molecule has 25 heavy (non-hydrogen) atoms. The quantitative estimate of drug-likeness (QED) is 0.505. The topological polar surface area (TPSA) is 81.7 Å². The van der Waals surface area contributed by atoms with E-state index in [1.807, 2.05) is 60.4 Å². The van der Waals surface area contributed by atoms with Crippen molar-refractivity contribution in [2.75, 3.05) is 12.8 Å². The summed E-state index contributed by atoms with van der Waals surface area (Å²) >= 11 is 0. The number of halogens is 1. The SMILES string of the molecule is COc1ccc(/N=N/c2cnn(Cc3ccc[n+](C)c3)c2N)cc1.[Cl-]. The molecule has 130 valence electrons. The summed E-state index contributed by atoms with van der Waals surface area (Å²) in [5, 5.41) is 12.7. The number of nitrogens with two attached hydrogens (primary N) is 1. The van der Waals surface area contributed by atoms with Gasteiger partial charge in [-0.15, -0.1) is 5.11 Å². The number of hydrogen-bond donors (Lipinski definition) is 1. The molecule has 0 bridgehead atoms. The van der Waals surface area contributed by atoms with Crippen LogP contribution in [-0.2, 0) is 13.6 Å². The number of aryl methyl sites for hydroxylation is 1. The zero-order valence-corrected chi connectivity index (χ0v) is 14.8. The molecule has 2 N–H and O–H groups in total. The van der Waals surface area contributed by atoms with Gasteiger partial charge < -0.3 is 22.9 Å². The van der Waals surface area contributed by atoms with Gasteiger partial charge >= 0.3 is 0 Å². The normalized spacial score (nSPS) is 10.6. The number of methoxy groups -OCH3 is 1. The molecule has 0 aliphatic heterocycles. The average Bonchev–Trinajstić information content (AvgIpc) is 2.94. The van der Waals surface area contributed by atoms with E-state index >= 15 is 0 Å². The van der Waals surface area contributed by atoms with Crippen molar-refractivity contribution >= 4 is 17.2 Å². The smallest absolute Gasteiger partial charge is 0.173 e. The Kier molecular flexibility index (Phi) is 6.08. The van der Waals surface area contributed by atoms with Gasteiger partial charge in [0.15, 0.2) is 12.4 Å². The van der Waals surface area contributed by atoms with Gasteiger partial charge in [-0.25, -0.2) is 9.25 Å². The molecule has 0 amide bonds. The van der Waals surface area contributed by atoms with Crippen LogP contribution >= 0.6 is 0 Å². The van der Waals surface area contributed by atoms with Crippen molar-refractivity contribution in [3.8, 4) is 5.75 Å². The lowest BCUT2D eigenvalue weighted by atomic mass is 10.3. The highest BCUT2D eigenvalue weighted by atomic mass is 35.5. The molecule has 2 aromatic heterocycles. The van der Waals surface area contributed by atoms with Gasteiger partial charge in [0.05, 0.1) is 25.5 Å². The van der Waals surface area contributed by atoms with E-state index in [-0.39, 0.29) is 12.4 Å². The monoisotopic (exact) mass is 358 g/mol. The Labute approximate surface area is 152 Å². The number of nitrogen functional groups attached to an aromatic ring is 1. The molecule has 3 rings (SSSR count). The molecular weight excluding hydrogens is 340 g/mol. The Morgan fingerprint density at radius 3 is 2.64 bits per heavy atom. The molecule has 0 atom stereocenters. The lowest BCUT2D eigenvalue weighted by molar-refractivity contribution is -0.671. The van der Waals surface area contributed by atoms with E-state index in [9.17, 15) is 0 Å². The van der Waals surface area contributed by atoms with Crippen LogP contribution in [0.3, 0.4) is 0 Å². The number of azo groups is 1. The van der Waals surface area contributed by atoms with Crippen LogP contribution in [0, 0.1) is 0 Å². The van der Waals surface area contributed by atoms with Crippen molar-refractivity contribution < 1.29 is 21.7 Å². The molecule has 3 aromatic rings. The third kappa shape index (κ3) is 4.54. The summed E-state index contributed by atoms with van der Waals surface area (Å²) < 4.78 is 8.80. The zero-order chi connectivity index (χ0) is 16.9. The van der Waals surface area contributed by atoms with Gasteiger partial charge in [0, 0.05) is 11.6 Å². The predicted molar refractivity (Wildman–Crippen MR) is 90.5 cm³/mol. The van der Waals surface area contributed by atoms with E-state index in [0.717, 1.165) is 17.0 Å². The van der Waals surface area contributed by atoms with Crippen LogP contribution < -0.4 is 27.4 Å². The molecule has 0 saturated carbocycles. The molecule has 0 aliphatic carbocycles. The summed E-state index contributed by atoms with van der Waals surface area (Å²) in [5.41, 5.74) is 8.49. The van der Waals surface area contributed by atoms with Crippen LogP contribution in [0.1, 0.15) is 5.56 Å². The number of nitrogens with zero attached hydrogens (tertiary/aromatic N) is 5. The van der Waals surface area contributed by atoms with E-state index in [2.05, 4.69) is 15.3 Å². The highest BCUT2D eigenvalue weighted by molar-refractivity contribution is 5.56. The summed E-state index contributed by atoms with van der Waals surface area (Å²) in [6.45, 7) is 0.582. The number of aromatic nitrogens is 3. The standard InChI is InChI=1S/C17H19N6O.ClH/c1-22-9-3-4-13(11-22)12-23-17(18)16(10-19-23)21-20-14-5-7-15(24-2)8-6-14;/h3-11H,12,18H2,1-2H3;1H/q+1;/p-1/b21-20+;. The van der Waals surface area contributed by atoms with Crippen molar-refractivity contribution in [2.45, 2.75) is 6.54 Å². The first-order valence-corrected chi connectivity index (χ1v) is 7.47. The fourth-order valence-electron chi connectivity index (χ4n) is 2.26. The highest BCUT2D eigenvalue weighted by Crippen LogP contribution is 2.25. The molecule has 0 aliphatic rings. The van der Waals surface area contributed by atoms with E-state index in [4.69, 9.17) is 10.5 Å². The van der Waals surface area contributed by atoms with Crippen LogP contribution in [0.5, 0.6) is 5.75 Å². The second-order valence-electron chi connectivity index (χ2n) is 5.35. The van der Waals surface area contributed by atoms with Crippen molar-refractivity contribution in [1.29, 1.82) is 0 Å². The van der Waals surface area contributed by atoms with Crippen LogP contribution in [0.4, 0.5) is 17.2 Å². The molecule has 1 aromatic carbocycles. The van der Waals surface area contributed by atoms with Gasteiger partial charge in [-0.3, -0.25) is 0 Å². The van der Waals surface area contributed by atoms with E-state index < -0.39 is 0 Å². The number of pyridine rings is 1. The number of hydrogen-bond acceptors (Lipinski definition) is 5. The van der Waals surface area contributed by atoms with Gasteiger partial charge in [-0.2, -0.15) is 10.2 Å². The lowest BCUT2D eigenvalue weighted by Gasteiger charge is -2.03. The summed E-state index contributed by atoms with van der Waals surface area (Å²) in [5.74, 6) is 1.26. The zero-order valence-electron chi connectivity index (χ0n) is 14.0.